The summed E-state index contributed by atoms with van der Waals surface area (Å²) in [4.78, 5) is 21.9. The molecule has 22 heavy (non-hydrogen) atoms. The van der Waals surface area contributed by atoms with E-state index in [2.05, 4.69) is 15.4 Å². The van der Waals surface area contributed by atoms with Gasteiger partial charge in [-0.1, -0.05) is 12.1 Å². The molecule has 122 valence electrons. The number of halogens is 2. The highest BCUT2D eigenvalue weighted by Crippen LogP contribution is 2.18. The lowest BCUT2D eigenvalue weighted by Crippen LogP contribution is -2.37. The van der Waals surface area contributed by atoms with E-state index >= 15 is 0 Å². The summed E-state index contributed by atoms with van der Waals surface area (Å²) in [5, 5.41) is 13.7. The molecule has 0 spiro atoms. The van der Waals surface area contributed by atoms with Gasteiger partial charge in [-0.3, -0.25) is 4.79 Å². The predicted molar refractivity (Wildman–Crippen MR) is 74.9 cm³/mol. The Morgan fingerprint density at radius 3 is 2.45 bits per heavy atom. The number of ether oxygens (including phenoxy) is 1. The van der Waals surface area contributed by atoms with Gasteiger partial charge in [-0.2, -0.15) is 8.78 Å². The van der Waals surface area contributed by atoms with E-state index in [0.717, 1.165) is 5.56 Å². The summed E-state index contributed by atoms with van der Waals surface area (Å²) in [6.07, 6.45) is 0.332. The molecule has 0 saturated carbocycles. The van der Waals surface area contributed by atoms with Crippen LogP contribution in [0.4, 0.5) is 13.6 Å². The van der Waals surface area contributed by atoms with Crippen LogP contribution in [0.1, 0.15) is 31.4 Å². The molecule has 1 aromatic rings. The summed E-state index contributed by atoms with van der Waals surface area (Å²) in [6, 6.07) is 5.18. The van der Waals surface area contributed by atoms with Crippen LogP contribution in [0.3, 0.4) is 0 Å². The third-order valence-corrected chi connectivity index (χ3v) is 2.81. The van der Waals surface area contributed by atoms with E-state index < -0.39 is 18.6 Å². The van der Waals surface area contributed by atoms with E-state index in [-0.39, 0.29) is 24.8 Å². The van der Waals surface area contributed by atoms with Gasteiger partial charge < -0.3 is 20.5 Å². The number of amides is 2. The summed E-state index contributed by atoms with van der Waals surface area (Å²) in [5.41, 5.74) is 0.724. The highest BCUT2D eigenvalue weighted by Gasteiger charge is 2.10. The zero-order chi connectivity index (χ0) is 16.5. The number of aliphatic carboxylic acids is 1. The van der Waals surface area contributed by atoms with Crippen LogP contribution in [-0.4, -0.2) is 30.3 Å². The molecule has 0 aliphatic heterocycles. The predicted octanol–water partition coefficient (Wildman–Crippen LogP) is 2.51. The summed E-state index contributed by atoms with van der Waals surface area (Å²) in [6.45, 7) is -0.885. The van der Waals surface area contributed by atoms with Gasteiger partial charge in [-0.25, -0.2) is 4.79 Å². The number of carbonyl (C=O) groups is 2. The molecule has 0 aliphatic carbocycles. The Bertz CT molecular complexity index is 494. The maximum Gasteiger partial charge on any atom is 0.387 e. The first kappa shape index (κ1) is 17.7. The lowest BCUT2D eigenvalue weighted by Gasteiger charge is -2.15. The molecular formula is C14H18F2N2O4. The quantitative estimate of drug-likeness (QED) is 0.643. The van der Waals surface area contributed by atoms with Crippen molar-refractivity contribution in [3.05, 3.63) is 29.8 Å². The first-order valence-corrected chi connectivity index (χ1v) is 6.69. The monoisotopic (exact) mass is 316 g/mol. The van der Waals surface area contributed by atoms with Crippen LogP contribution in [0.2, 0.25) is 0 Å². The minimum atomic E-state index is -2.88. The minimum absolute atomic E-state index is 0.0125. The van der Waals surface area contributed by atoms with Crippen LogP contribution in [0.25, 0.3) is 0 Å². The Kier molecular flexibility index (Phi) is 7.07. The van der Waals surface area contributed by atoms with Crippen molar-refractivity contribution in [2.24, 2.45) is 0 Å². The molecule has 1 aromatic carbocycles. The SMILES string of the molecule is CC(NC(=O)NCCCC(=O)O)c1ccc(OC(F)F)cc1. The lowest BCUT2D eigenvalue weighted by molar-refractivity contribution is -0.137. The minimum Gasteiger partial charge on any atom is -0.481 e. The van der Waals surface area contributed by atoms with Crippen LogP contribution in [0.5, 0.6) is 5.75 Å². The summed E-state index contributed by atoms with van der Waals surface area (Å²) >= 11 is 0. The van der Waals surface area contributed by atoms with Gasteiger partial charge in [0.1, 0.15) is 5.75 Å². The van der Waals surface area contributed by atoms with Crippen molar-refractivity contribution in [3.8, 4) is 5.75 Å². The van der Waals surface area contributed by atoms with Gasteiger partial charge in [0, 0.05) is 13.0 Å². The third-order valence-electron chi connectivity index (χ3n) is 2.81. The van der Waals surface area contributed by atoms with Crippen molar-refractivity contribution in [1.29, 1.82) is 0 Å². The molecule has 3 N–H and O–H groups in total. The topological polar surface area (TPSA) is 87.7 Å². The van der Waals surface area contributed by atoms with Crippen molar-refractivity contribution in [1.82, 2.24) is 10.6 Å². The van der Waals surface area contributed by atoms with E-state index in [1.165, 1.54) is 12.1 Å². The molecule has 0 heterocycles. The lowest BCUT2D eigenvalue weighted by atomic mass is 10.1. The Labute approximate surface area is 126 Å². The van der Waals surface area contributed by atoms with Crippen LogP contribution >= 0.6 is 0 Å². The Morgan fingerprint density at radius 1 is 1.27 bits per heavy atom. The number of nitrogens with one attached hydrogen (secondary N) is 2. The van der Waals surface area contributed by atoms with Gasteiger partial charge in [0.15, 0.2) is 0 Å². The number of carboxylic acid groups (broad SMARTS) is 1. The zero-order valence-corrected chi connectivity index (χ0v) is 12.0. The van der Waals surface area contributed by atoms with Crippen LogP contribution in [0.15, 0.2) is 24.3 Å². The van der Waals surface area contributed by atoms with Crippen LogP contribution < -0.4 is 15.4 Å². The van der Waals surface area contributed by atoms with E-state index in [0.29, 0.717) is 6.42 Å². The second-order valence-corrected chi connectivity index (χ2v) is 4.57. The molecule has 0 aromatic heterocycles. The number of rotatable bonds is 8. The van der Waals surface area contributed by atoms with E-state index in [1.807, 2.05) is 0 Å². The molecule has 0 radical (unpaired) electrons. The average molecular weight is 316 g/mol. The van der Waals surface area contributed by atoms with Gasteiger partial charge in [-0.15, -0.1) is 0 Å². The number of alkyl halides is 2. The Balaban J connectivity index is 2.39. The molecule has 1 rings (SSSR count). The fourth-order valence-electron chi connectivity index (χ4n) is 1.71. The molecule has 8 heteroatoms. The van der Waals surface area contributed by atoms with E-state index in [1.54, 1.807) is 19.1 Å². The molecule has 1 unspecified atom stereocenters. The molecule has 0 bridgehead atoms. The third kappa shape index (κ3) is 6.87. The number of hydrogen-bond donors (Lipinski definition) is 3. The van der Waals surface area contributed by atoms with Gasteiger partial charge >= 0.3 is 18.6 Å². The average Bonchev–Trinajstić information content (AvgIpc) is 2.43. The first-order chi connectivity index (χ1) is 10.4. The van der Waals surface area contributed by atoms with Crippen molar-refractivity contribution in [2.45, 2.75) is 32.4 Å². The van der Waals surface area contributed by atoms with Gasteiger partial charge in [0.05, 0.1) is 6.04 Å². The largest absolute Gasteiger partial charge is 0.481 e. The summed E-state index contributed by atoms with van der Waals surface area (Å²) in [7, 11) is 0. The maximum absolute atomic E-state index is 12.0. The molecule has 2 amide bonds. The summed E-state index contributed by atoms with van der Waals surface area (Å²) < 4.78 is 28.3. The highest BCUT2D eigenvalue weighted by molar-refractivity contribution is 5.74. The zero-order valence-electron chi connectivity index (χ0n) is 12.0. The second kappa shape index (κ2) is 8.81. The fraction of sp³-hybridized carbons (Fsp3) is 0.429. The number of benzene rings is 1. The van der Waals surface area contributed by atoms with E-state index in [4.69, 9.17) is 5.11 Å². The fourth-order valence-corrected chi connectivity index (χ4v) is 1.71. The van der Waals surface area contributed by atoms with Crippen LogP contribution in [-0.2, 0) is 4.79 Å². The number of urea groups is 1. The normalized spacial score (nSPS) is 11.8. The van der Waals surface area contributed by atoms with Gasteiger partial charge in [0.25, 0.3) is 0 Å². The van der Waals surface area contributed by atoms with Crippen molar-refractivity contribution < 1.29 is 28.2 Å². The maximum atomic E-state index is 12.0. The standard InChI is InChI=1S/C14H18F2N2O4/c1-9(18-14(21)17-8-2-3-12(19)20)10-4-6-11(7-5-10)22-13(15)16/h4-7,9,13H,2-3,8H2,1H3,(H,19,20)(H2,17,18,21). The first-order valence-electron chi connectivity index (χ1n) is 6.69. The van der Waals surface area contributed by atoms with Crippen molar-refractivity contribution in [2.75, 3.05) is 6.54 Å². The highest BCUT2D eigenvalue weighted by atomic mass is 19.3. The summed E-state index contributed by atoms with van der Waals surface area (Å²) in [5.74, 6) is -0.870. The molecular weight excluding hydrogens is 298 g/mol. The molecule has 0 aliphatic rings. The molecule has 1 atom stereocenters. The smallest absolute Gasteiger partial charge is 0.387 e. The van der Waals surface area contributed by atoms with Crippen molar-refractivity contribution >= 4 is 12.0 Å². The molecule has 0 fully saturated rings. The number of carboxylic acids is 1. The van der Waals surface area contributed by atoms with Crippen molar-refractivity contribution in [3.63, 3.8) is 0 Å². The second-order valence-electron chi connectivity index (χ2n) is 4.57. The Morgan fingerprint density at radius 2 is 1.91 bits per heavy atom. The number of carbonyl (C=O) groups excluding carboxylic acids is 1. The number of hydrogen-bond acceptors (Lipinski definition) is 3. The van der Waals surface area contributed by atoms with Gasteiger partial charge in [0.2, 0.25) is 0 Å². The Hall–Kier alpha value is -2.38. The van der Waals surface area contributed by atoms with E-state index in [9.17, 15) is 18.4 Å². The molecule has 0 saturated heterocycles. The van der Waals surface area contributed by atoms with Crippen LogP contribution in [0, 0.1) is 0 Å². The molecule has 6 nitrogen and oxygen atoms in total. The van der Waals surface area contributed by atoms with Gasteiger partial charge in [-0.05, 0) is 31.0 Å².